The summed E-state index contributed by atoms with van der Waals surface area (Å²) < 4.78 is 5.22. The second-order valence-electron chi connectivity index (χ2n) is 5.07. The maximum absolute atomic E-state index is 5.22. The van der Waals surface area contributed by atoms with Gasteiger partial charge in [-0.1, -0.05) is 0 Å². The number of nitrogens with one attached hydrogen (secondary N) is 1. The molecule has 0 saturated carbocycles. The van der Waals surface area contributed by atoms with Gasteiger partial charge in [0.05, 0.1) is 0 Å². The number of hydrogen-bond donors (Lipinski definition) is 1. The van der Waals surface area contributed by atoms with Gasteiger partial charge in [-0.05, 0) is 65.2 Å². The molecule has 0 radical (unpaired) electrons. The van der Waals surface area contributed by atoms with E-state index in [1.165, 1.54) is 45.3 Å². The van der Waals surface area contributed by atoms with E-state index in [2.05, 4.69) is 17.1 Å². The van der Waals surface area contributed by atoms with Gasteiger partial charge in [0, 0.05) is 19.8 Å². The highest BCUT2D eigenvalue weighted by Crippen LogP contribution is 2.17. The van der Waals surface area contributed by atoms with Crippen LogP contribution in [0.4, 0.5) is 0 Å². The topological polar surface area (TPSA) is 24.5 Å². The van der Waals surface area contributed by atoms with Crippen molar-refractivity contribution in [2.45, 2.75) is 38.6 Å². The maximum atomic E-state index is 5.22. The predicted molar refractivity (Wildman–Crippen MR) is 68.8 cm³/mol. The summed E-state index contributed by atoms with van der Waals surface area (Å²) in [4.78, 5) is 2.61. The summed E-state index contributed by atoms with van der Waals surface area (Å²) in [6.07, 6.45) is 5.23. The van der Waals surface area contributed by atoms with Gasteiger partial charge in [0.25, 0.3) is 0 Å². The first kappa shape index (κ1) is 13.9. The molecule has 1 fully saturated rings. The van der Waals surface area contributed by atoms with E-state index in [0.29, 0.717) is 6.04 Å². The number of hydrogen-bond acceptors (Lipinski definition) is 3. The van der Waals surface area contributed by atoms with Crippen LogP contribution in [0.1, 0.15) is 32.6 Å². The highest BCUT2D eigenvalue weighted by molar-refractivity contribution is 4.72. The lowest BCUT2D eigenvalue weighted by atomic mass is 9.97. The van der Waals surface area contributed by atoms with Crippen molar-refractivity contribution in [2.75, 3.05) is 40.4 Å². The summed E-state index contributed by atoms with van der Waals surface area (Å²) in [6.45, 7) is 7.01. The standard InChI is InChI=1S/C13H28N2O/c1-12(14-2)5-4-8-15-9-6-13(7-10-15)11-16-3/h12-14H,4-11H2,1-3H3. The Morgan fingerprint density at radius 2 is 2.06 bits per heavy atom. The smallest absolute Gasteiger partial charge is 0.0491 e. The molecule has 1 aliphatic rings. The molecule has 1 unspecified atom stereocenters. The van der Waals surface area contributed by atoms with Crippen LogP contribution in [0.25, 0.3) is 0 Å². The van der Waals surface area contributed by atoms with Gasteiger partial charge >= 0.3 is 0 Å². The van der Waals surface area contributed by atoms with Gasteiger partial charge in [-0.3, -0.25) is 0 Å². The van der Waals surface area contributed by atoms with Gasteiger partial charge < -0.3 is 15.0 Å². The third-order valence-electron chi connectivity index (χ3n) is 3.71. The molecule has 3 heteroatoms. The van der Waals surface area contributed by atoms with Crippen molar-refractivity contribution < 1.29 is 4.74 Å². The van der Waals surface area contributed by atoms with Gasteiger partial charge in [0.1, 0.15) is 0 Å². The molecule has 0 aromatic heterocycles. The third-order valence-corrected chi connectivity index (χ3v) is 3.71. The van der Waals surface area contributed by atoms with E-state index >= 15 is 0 Å². The van der Waals surface area contributed by atoms with Crippen LogP contribution in [0.15, 0.2) is 0 Å². The lowest BCUT2D eigenvalue weighted by molar-refractivity contribution is 0.0986. The Balaban J connectivity index is 2.03. The highest BCUT2D eigenvalue weighted by atomic mass is 16.5. The summed E-state index contributed by atoms with van der Waals surface area (Å²) in [6, 6.07) is 0.658. The largest absolute Gasteiger partial charge is 0.384 e. The number of likely N-dealkylation sites (tertiary alicyclic amines) is 1. The number of methoxy groups -OCH3 is 1. The van der Waals surface area contributed by atoms with Crippen LogP contribution in [0.5, 0.6) is 0 Å². The number of rotatable bonds is 7. The van der Waals surface area contributed by atoms with Crippen LogP contribution in [0.2, 0.25) is 0 Å². The minimum atomic E-state index is 0.658. The maximum Gasteiger partial charge on any atom is 0.0491 e. The summed E-state index contributed by atoms with van der Waals surface area (Å²) >= 11 is 0. The van der Waals surface area contributed by atoms with Crippen LogP contribution in [-0.2, 0) is 4.74 Å². The minimum absolute atomic E-state index is 0.658. The molecule has 1 heterocycles. The van der Waals surface area contributed by atoms with Crippen LogP contribution in [0, 0.1) is 5.92 Å². The molecule has 1 N–H and O–H groups in total. The average Bonchev–Trinajstić information content (AvgIpc) is 2.31. The average molecular weight is 228 g/mol. The second-order valence-corrected chi connectivity index (χ2v) is 5.07. The van der Waals surface area contributed by atoms with Crippen molar-refractivity contribution in [3.8, 4) is 0 Å². The number of ether oxygens (including phenoxy) is 1. The van der Waals surface area contributed by atoms with Crippen molar-refractivity contribution >= 4 is 0 Å². The SMILES string of the molecule is CNC(C)CCCN1CCC(COC)CC1. The van der Waals surface area contributed by atoms with Gasteiger partial charge in [-0.2, -0.15) is 0 Å². The van der Waals surface area contributed by atoms with Gasteiger partial charge in [0.2, 0.25) is 0 Å². The van der Waals surface area contributed by atoms with Crippen molar-refractivity contribution in [3.63, 3.8) is 0 Å². The van der Waals surface area contributed by atoms with Gasteiger partial charge in [-0.15, -0.1) is 0 Å². The van der Waals surface area contributed by atoms with Crippen LogP contribution in [-0.4, -0.2) is 51.3 Å². The Labute approximate surface area is 101 Å². The van der Waals surface area contributed by atoms with Crippen molar-refractivity contribution in [2.24, 2.45) is 5.92 Å². The lowest BCUT2D eigenvalue weighted by Gasteiger charge is -2.31. The molecule has 0 bridgehead atoms. The van der Waals surface area contributed by atoms with E-state index in [1.54, 1.807) is 0 Å². The zero-order valence-electron chi connectivity index (χ0n) is 11.2. The Kier molecular flexibility index (Phi) is 7.01. The van der Waals surface area contributed by atoms with Crippen LogP contribution >= 0.6 is 0 Å². The number of nitrogens with zero attached hydrogens (tertiary/aromatic N) is 1. The van der Waals surface area contributed by atoms with E-state index in [4.69, 9.17) is 4.74 Å². The summed E-state index contributed by atoms with van der Waals surface area (Å²) in [7, 11) is 3.85. The van der Waals surface area contributed by atoms with E-state index in [9.17, 15) is 0 Å². The van der Waals surface area contributed by atoms with E-state index in [-0.39, 0.29) is 0 Å². The molecule has 3 nitrogen and oxygen atoms in total. The van der Waals surface area contributed by atoms with Crippen LogP contribution < -0.4 is 5.32 Å². The minimum Gasteiger partial charge on any atom is -0.384 e. The summed E-state index contributed by atoms with van der Waals surface area (Å²) in [5, 5.41) is 3.29. The molecule has 0 aliphatic carbocycles. The molecule has 16 heavy (non-hydrogen) atoms. The fourth-order valence-corrected chi connectivity index (χ4v) is 2.38. The first-order chi connectivity index (χ1) is 7.76. The highest BCUT2D eigenvalue weighted by Gasteiger charge is 2.18. The molecule has 1 atom stereocenters. The monoisotopic (exact) mass is 228 g/mol. The third kappa shape index (κ3) is 5.28. The molecule has 0 spiro atoms. The lowest BCUT2D eigenvalue weighted by Crippen LogP contribution is -2.36. The van der Waals surface area contributed by atoms with Crippen LogP contribution in [0.3, 0.4) is 0 Å². The molecular weight excluding hydrogens is 200 g/mol. The second kappa shape index (κ2) is 8.04. The fourth-order valence-electron chi connectivity index (χ4n) is 2.38. The molecule has 1 saturated heterocycles. The number of piperidine rings is 1. The van der Waals surface area contributed by atoms with Gasteiger partial charge in [0.15, 0.2) is 0 Å². The molecule has 1 rings (SSSR count). The molecule has 96 valence electrons. The first-order valence-electron chi connectivity index (χ1n) is 6.64. The Morgan fingerprint density at radius 3 is 2.62 bits per heavy atom. The molecule has 0 aromatic rings. The molecule has 0 amide bonds. The zero-order valence-corrected chi connectivity index (χ0v) is 11.2. The summed E-state index contributed by atoms with van der Waals surface area (Å²) in [5.74, 6) is 0.803. The normalized spacial score (nSPS) is 21.2. The van der Waals surface area contributed by atoms with Gasteiger partial charge in [-0.25, -0.2) is 0 Å². The van der Waals surface area contributed by atoms with E-state index in [1.807, 2.05) is 14.2 Å². The Morgan fingerprint density at radius 1 is 1.38 bits per heavy atom. The molecule has 0 aromatic carbocycles. The first-order valence-corrected chi connectivity index (χ1v) is 6.64. The predicted octanol–water partition coefficient (Wildman–Crippen LogP) is 1.73. The zero-order chi connectivity index (χ0) is 11.8. The fraction of sp³-hybridized carbons (Fsp3) is 1.00. The Bertz CT molecular complexity index is 167. The quantitative estimate of drug-likeness (QED) is 0.718. The van der Waals surface area contributed by atoms with Crippen molar-refractivity contribution in [1.29, 1.82) is 0 Å². The van der Waals surface area contributed by atoms with E-state index < -0.39 is 0 Å². The van der Waals surface area contributed by atoms with Crippen molar-refractivity contribution in [1.82, 2.24) is 10.2 Å². The summed E-state index contributed by atoms with van der Waals surface area (Å²) in [5.41, 5.74) is 0. The molecule has 1 aliphatic heterocycles. The Hall–Kier alpha value is -0.120. The molecular formula is C13H28N2O. The van der Waals surface area contributed by atoms with E-state index in [0.717, 1.165) is 12.5 Å². The van der Waals surface area contributed by atoms with Crippen molar-refractivity contribution in [3.05, 3.63) is 0 Å².